The average Bonchev–Trinajstić information content (AvgIpc) is 2.94. The lowest BCUT2D eigenvalue weighted by molar-refractivity contribution is -0.126. The van der Waals surface area contributed by atoms with E-state index in [9.17, 15) is 14.4 Å². The molecule has 0 bridgehead atoms. The second-order valence-corrected chi connectivity index (χ2v) is 7.38. The van der Waals surface area contributed by atoms with Crippen LogP contribution < -0.4 is 5.32 Å². The fourth-order valence-corrected chi connectivity index (χ4v) is 3.24. The molecule has 0 saturated carbocycles. The Hall–Kier alpha value is -2.99. The molecule has 0 spiro atoms. The van der Waals surface area contributed by atoms with Crippen LogP contribution in [0.1, 0.15) is 40.1 Å². The van der Waals surface area contributed by atoms with Crippen molar-refractivity contribution in [1.29, 1.82) is 0 Å². The Balaban J connectivity index is 1.47. The lowest BCUT2D eigenvalue weighted by Crippen LogP contribution is -2.51. The van der Waals surface area contributed by atoms with Gasteiger partial charge in [0.2, 0.25) is 5.91 Å². The number of nitrogens with one attached hydrogen (secondary N) is 1. The largest absolute Gasteiger partial charge is 0.369 e. The molecule has 0 aliphatic carbocycles. The lowest BCUT2D eigenvalue weighted by atomic mass is 10.0. The molecule has 146 valence electrons. The summed E-state index contributed by atoms with van der Waals surface area (Å²) in [5.41, 5.74) is 1.09. The number of hydrogen-bond acceptors (Lipinski definition) is 4. The Kier molecular flexibility index (Phi) is 5.90. The summed E-state index contributed by atoms with van der Waals surface area (Å²) >= 11 is 0. The third-order valence-corrected chi connectivity index (χ3v) is 4.67. The van der Waals surface area contributed by atoms with E-state index < -0.39 is 5.54 Å². The summed E-state index contributed by atoms with van der Waals surface area (Å²) in [5, 5.41) is 2.81. The first-order valence-electron chi connectivity index (χ1n) is 9.26. The smallest absolute Gasteiger partial charge is 0.262 e. The quantitative estimate of drug-likeness (QED) is 0.714. The van der Waals surface area contributed by atoms with Crippen LogP contribution in [0.2, 0.25) is 0 Å². The van der Waals surface area contributed by atoms with Gasteiger partial charge >= 0.3 is 0 Å². The normalized spacial score (nSPS) is 13.6. The molecule has 1 N–H and O–H groups in total. The highest BCUT2D eigenvalue weighted by Gasteiger charge is 2.44. The Morgan fingerprint density at radius 1 is 0.964 bits per heavy atom. The Bertz CT molecular complexity index is 842. The maximum atomic E-state index is 12.6. The number of amides is 3. The van der Waals surface area contributed by atoms with Crippen molar-refractivity contribution in [3.05, 3.63) is 71.3 Å². The summed E-state index contributed by atoms with van der Waals surface area (Å²) in [6, 6.07) is 16.6. The Morgan fingerprint density at radius 3 is 2.14 bits per heavy atom. The molecule has 28 heavy (non-hydrogen) atoms. The van der Waals surface area contributed by atoms with E-state index in [0.29, 0.717) is 17.7 Å². The third-order valence-electron chi connectivity index (χ3n) is 4.67. The van der Waals surface area contributed by atoms with Crippen molar-refractivity contribution >= 4 is 17.7 Å². The van der Waals surface area contributed by atoms with Crippen LogP contribution in [0.25, 0.3) is 0 Å². The molecule has 1 heterocycles. The molecule has 6 nitrogen and oxygen atoms in total. The second-order valence-electron chi connectivity index (χ2n) is 7.38. The van der Waals surface area contributed by atoms with Gasteiger partial charge in [-0.2, -0.15) is 0 Å². The van der Waals surface area contributed by atoms with E-state index in [1.165, 1.54) is 4.90 Å². The Labute approximate surface area is 164 Å². The maximum absolute atomic E-state index is 12.6. The number of imide groups is 1. The highest BCUT2D eigenvalue weighted by atomic mass is 16.5. The van der Waals surface area contributed by atoms with E-state index in [0.717, 1.165) is 12.0 Å². The van der Waals surface area contributed by atoms with E-state index >= 15 is 0 Å². The van der Waals surface area contributed by atoms with Gasteiger partial charge in [0.15, 0.2) is 0 Å². The van der Waals surface area contributed by atoms with Crippen molar-refractivity contribution in [1.82, 2.24) is 10.2 Å². The minimum absolute atomic E-state index is 0.0740. The topological polar surface area (TPSA) is 75.7 Å². The van der Waals surface area contributed by atoms with Crippen molar-refractivity contribution in [2.45, 2.75) is 25.8 Å². The van der Waals surface area contributed by atoms with Crippen LogP contribution in [0.15, 0.2) is 54.6 Å². The van der Waals surface area contributed by atoms with Crippen molar-refractivity contribution in [2.75, 3.05) is 19.8 Å². The summed E-state index contributed by atoms with van der Waals surface area (Å²) in [7, 11) is 0. The monoisotopic (exact) mass is 380 g/mol. The highest BCUT2D eigenvalue weighted by molar-refractivity contribution is 6.21. The van der Waals surface area contributed by atoms with Gasteiger partial charge in [-0.3, -0.25) is 19.3 Å². The van der Waals surface area contributed by atoms with Crippen LogP contribution in [0.3, 0.4) is 0 Å². The standard InChI is InChI=1S/C22H24N2O4/c1-22(2,24-20(26)17-10-6-7-11-18(17)21(24)27)15-28-14-19(25)23-13-12-16-8-4-3-5-9-16/h3-11H,12-15H2,1-2H3,(H,23,25). The molecular weight excluding hydrogens is 356 g/mol. The second kappa shape index (κ2) is 8.35. The molecule has 3 rings (SSSR count). The zero-order valence-corrected chi connectivity index (χ0v) is 16.1. The molecule has 0 saturated heterocycles. The third kappa shape index (κ3) is 4.28. The lowest BCUT2D eigenvalue weighted by Gasteiger charge is -2.33. The predicted octanol–water partition coefficient (Wildman–Crippen LogP) is 2.44. The van der Waals surface area contributed by atoms with Gasteiger partial charge in [0.05, 0.1) is 23.3 Å². The molecule has 2 aromatic rings. The maximum Gasteiger partial charge on any atom is 0.262 e. The molecule has 2 aromatic carbocycles. The SMILES string of the molecule is CC(C)(COCC(=O)NCCc1ccccc1)N1C(=O)c2ccccc2C1=O. The van der Waals surface area contributed by atoms with Gasteiger partial charge in [0.1, 0.15) is 6.61 Å². The van der Waals surface area contributed by atoms with E-state index in [4.69, 9.17) is 4.74 Å². The van der Waals surface area contributed by atoms with Gasteiger partial charge in [-0.25, -0.2) is 0 Å². The van der Waals surface area contributed by atoms with Gasteiger partial charge < -0.3 is 10.1 Å². The van der Waals surface area contributed by atoms with E-state index in [1.54, 1.807) is 38.1 Å². The number of fused-ring (bicyclic) bond motifs is 1. The molecule has 3 amide bonds. The van der Waals surface area contributed by atoms with Crippen molar-refractivity contribution in [3.63, 3.8) is 0 Å². The van der Waals surface area contributed by atoms with Crippen LogP contribution in [-0.2, 0) is 16.0 Å². The van der Waals surface area contributed by atoms with Crippen LogP contribution in [0.5, 0.6) is 0 Å². The Morgan fingerprint density at radius 2 is 1.54 bits per heavy atom. The molecule has 0 radical (unpaired) electrons. The number of nitrogens with zero attached hydrogens (tertiary/aromatic N) is 1. The minimum atomic E-state index is -0.864. The van der Waals surface area contributed by atoms with E-state index in [2.05, 4.69) is 5.32 Å². The van der Waals surface area contributed by atoms with Gasteiger partial charge in [0.25, 0.3) is 11.8 Å². The summed E-state index contributed by atoms with van der Waals surface area (Å²) in [4.78, 5) is 38.4. The van der Waals surface area contributed by atoms with Gasteiger partial charge in [-0.05, 0) is 38.0 Å². The molecule has 6 heteroatoms. The molecular formula is C22H24N2O4. The van der Waals surface area contributed by atoms with Gasteiger partial charge in [-0.1, -0.05) is 42.5 Å². The molecule has 0 aromatic heterocycles. The summed E-state index contributed by atoms with van der Waals surface area (Å²) in [6.45, 7) is 3.98. The van der Waals surface area contributed by atoms with Crippen LogP contribution in [0, 0.1) is 0 Å². The molecule has 1 aliphatic rings. The number of carbonyl (C=O) groups is 3. The van der Waals surface area contributed by atoms with Crippen LogP contribution >= 0.6 is 0 Å². The van der Waals surface area contributed by atoms with E-state index in [-0.39, 0.29) is 30.9 Å². The fraction of sp³-hybridized carbons (Fsp3) is 0.318. The number of ether oxygens (including phenoxy) is 1. The van der Waals surface area contributed by atoms with Crippen molar-refractivity contribution < 1.29 is 19.1 Å². The zero-order chi connectivity index (χ0) is 20.1. The first kappa shape index (κ1) is 19.8. The van der Waals surface area contributed by atoms with Gasteiger partial charge in [0, 0.05) is 6.54 Å². The summed E-state index contributed by atoms with van der Waals surface area (Å²) in [6.07, 6.45) is 0.743. The highest BCUT2D eigenvalue weighted by Crippen LogP contribution is 2.29. The average molecular weight is 380 g/mol. The fourth-order valence-electron chi connectivity index (χ4n) is 3.24. The first-order chi connectivity index (χ1) is 13.4. The molecule has 0 atom stereocenters. The zero-order valence-electron chi connectivity index (χ0n) is 16.1. The summed E-state index contributed by atoms with van der Waals surface area (Å²) < 4.78 is 5.51. The number of rotatable bonds is 8. The minimum Gasteiger partial charge on any atom is -0.369 e. The number of carbonyl (C=O) groups excluding carboxylic acids is 3. The number of hydrogen-bond donors (Lipinski definition) is 1. The van der Waals surface area contributed by atoms with Gasteiger partial charge in [-0.15, -0.1) is 0 Å². The van der Waals surface area contributed by atoms with Crippen molar-refractivity contribution in [2.24, 2.45) is 0 Å². The summed E-state index contributed by atoms with van der Waals surface area (Å²) in [5.74, 6) is -0.892. The molecule has 1 aliphatic heterocycles. The molecule has 0 fully saturated rings. The number of benzene rings is 2. The van der Waals surface area contributed by atoms with Crippen molar-refractivity contribution in [3.8, 4) is 0 Å². The van der Waals surface area contributed by atoms with Crippen LogP contribution in [-0.4, -0.2) is 47.9 Å². The predicted molar refractivity (Wildman–Crippen MR) is 105 cm³/mol. The van der Waals surface area contributed by atoms with Crippen LogP contribution in [0.4, 0.5) is 0 Å². The van der Waals surface area contributed by atoms with E-state index in [1.807, 2.05) is 30.3 Å². The molecule has 0 unspecified atom stereocenters. The first-order valence-corrected chi connectivity index (χ1v) is 9.26.